The van der Waals surface area contributed by atoms with Crippen LogP contribution in [0.1, 0.15) is 13.8 Å². The highest BCUT2D eigenvalue weighted by molar-refractivity contribution is 5.32. The Morgan fingerprint density at radius 1 is 1.36 bits per heavy atom. The van der Waals surface area contributed by atoms with Gasteiger partial charge in [0.05, 0.1) is 0 Å². The molecule has 60 valence electrons. The van der Waals surface area contributed by atoms with Crippen molar-refractivity contribution in [3.63, 3.8) is 0 Å². The molecule has 1 aromatic rings. The van der Waals surface area contributed by atoms with Gasteiger partial charge in [0.15, 0.2) is 18.9 Å². The summed E-state index contributed by atoms with van der Waals surface area (Å²) in [5.41, 5.74) is 6.37. The molecule has 0 radical (unpaired) electrons. The lowest BCUT2D eigenvalue weighted by Crippen LogP contribution is -2.35. The third-order valence-electron chi connectivity index (χ3n) is 1.49. The first-order chi connectivity index (χ1) is 5.18. The molecule has 0 spiro atoms. The van der Waals surface area contributed by atoms with Crippen molar-refractivity contribution in [3.05, 3.63) is 24.5 Å². The van der Waals surface area contributed by atoms with Crippen molar-refractivity contribution in [2.24, 2.45) is 5.92 Å². The normalized spacial score (nSPS) is 10.5. The smallest absolute Gasteiger partial charge is 0.170 e. The highest BCUT2D eigenvalue weighted by atomic mass is 14.9. The summed E-state index contributed by atoms with van der Waals surface area (Å²) in [5.74, 6) is 0.684. The Balaban J connectivity index is 2.66. The van der Waals surface area contributed by atoms with E-state index in [0.29, 0.717) is 5.92 Å². The Morgan fingerprint density at radius 2 is 1.91 bits per heavy atom. The fraction of sp³-hybridized carbons (Fsp3) is 0.444. The molecule has 0 fully saturated rings. The summed E-state index contributed by atoms with van der Waals surface area (Å²) in [4.78, 5) is 0. The maximum absolute atomic E-state index is 5.54. The lowest BCUT2D eigenvalue weighted by molar-refractivity contribution is -0.702. The van der Waals surface area contributed by atoms with E-state index in [1.165, 1.54) is 0 Å². The first kappa shape index (κ1) is 8.05. The monoisotopic (exact) mass is 151 g/mol. The molecule has 1 heterocycles. The summed E-state index contributed by atoms with van der Waals surface area (Å²) in [5, 5.41) is 0. The highest BCUT2D eigenvalue weighted by Gasteiger charge is 2.01. The van der Waals surface area contributed by atoms with Crippen molar-refractivity contribution in [1.82, 2.24) is 0 Å². The lowest BCUT2D eigenvalue weighted by Gasteiger charge is -1.99. The maximum Gasteiger partial charge on any atom is 0.170 e. The van der Waals surface area contributed by atoms with Gasteiger partial charge in [0.1, 0.15) is 0 Å². The summed E-state index contributed by atoms with van der Waals surface area (Å²) in [6, 6.07) is 3.84. The van der Waals surface area contributed by atoms with E-state index in [9.17, 15) is 0 Å². The quantitative estimate of drug-likeness (QED) is 0.633. The number of rotatable bonds is 2. The van der Waals surface area contributed by atoms with Gasteiger partial charge in [-0.25, -0.2) is 4.57 Å². The van der Waals surface area contributed by atoms with E-state index in [0.717, 1.165) is 12.2 Å². The minimum atomic E-state index is 0.684. The molecule has 0 amide bonds. The van der Waals surface area contributed by atoms with Crippen molar-refractivity contribution in [2.45, 2.75) is 20.4 Å². The molecule has 0 unspecified atom stereocenters. The number of nitrogens with zero attached hydrogens (tertiary/aromatic N) is 1. The van der Waals surface area contributed by atoms with Crippen molar-refractivity contribution < 1.29 is 4.57 Å². The predicted molar refractivity (Wildman–Crippen MR) is 45.9 cm³/mol. The molecule has 1 rings (SSSR count). The zero-order chi connectivity index (χ0) is 8.27. The second-order valence-corrected chi connectivity index (χ2v) is 3.22. The Bertz CT molecular complexity index is 214. The van der Waals surface area contributed by atoms with Crippen molar-refractivity contribution in [1.29, 1.82) is 0 Å². The van der Waals surface area contributed by atoms with Gasteiger partial charge in [-0.1, -0.05) is 13.8 Å². The van der Waals surface area contributed by atoms with Crippen LogP contribution in [0.25, 0.3) is 0 Å². The molecule has 0 saturated carbocycles. The first-order valence-corrected chi connectivity index (χ1v) is 3.93. The lowest BCUT2D eigenvalue weighted by atomic mass is 10.2. The van der Waals surface area contributed by atoms with Gasteiger partial charge >= 0.3 is 0 Å². The standard InChI is InChI=1S/C9H14N2/c1-8(2)7-11-5-3-9(10)4-6-11/h3-6,8,10H,7H2,1-2H3/p+1. The fourth-order valence-corrected chi connectivity index (χ4v) is 1.01. The number of hydrogen-bond donors (Lipinski definition) is 1. The Labute approximate surface area is 67.7 Å². The van der Waals surface area contributed by atoms with Crippen molar-refractivity contribution in [3.8, 4) is 0 Å². The number of aromatic nitrogens is 1. The zero-order valence-corrected chi connectivity index (χ0v) is 7.12. The average Bonchev–Trinajstić information content (AvgIpc) is 1.93. The number of hydrogen-bond acceptors (Lipinski definition) is 1. The van der Waals surface area contributed by atoms with Crippen LogP contribution in [-0.2, 0) is 6.54 Å². The molecule has 0 atom stereocenters. The fourth-order valence-electron chi connectivity index (χ4n) is 1.01. The zero-order valence-electron chi connectivity index (χ0n) is 7.12. The van der Waals surface area contributed by atoms with Gasteiger partial charge in [0, 0.05) is 23.7 Å². The summed E-state index contributed by atoms with van der Waals surface area (Å²) in [6.45, 7) is 5.45. The maximum atomic E-state index is 5.54. The minimum Gasteiger partial charge on any atom is -0.398 e. The molecule has 0 aliphatic carbocycles. The van der Waals surface area contributed by atoms with E-state index in [4.69, 9.17) is 5.73 Å². The summed E-state index contributed by atoms with van der Waals surface area (Å²) in [7, 11) is 0. The molecule has 0 aliphatic rings. The van der Waals surface area contributed by atoms with Crippen LogP contribution in [0.3, 0.4) is 0 Å². The Hall–Kier alpha value is -1.05. The number of pyridine rings is 1. The second-order valence-electron chi connectivity index (χ2n) is 3.22. The van der Waals surface area contributed by atoms with Crippen LogP contribution in [0.2, 0.25) is 0 Å². The van der Waals surface area contributed by atoms with Crippen molar-refractivity contribution >= 4 is 5.69 Å². The molecule has 1 aromatic heterocycles. The molecule has 2 N–H and O–H groups in total. The molecule has 2 nitrogen and oxygen atoms in total. The van der Waals surface area contributed by atoms with Gasteiger partial charge in [0.25, 0.3) is 0 Å². The van der Waals surface area contributed by atoms with E-state index < -0.39 is 0 Å². The highest BCUT2D eigenvalue weighted by Crippen LogP contribution is 1.95. The van der Waals surface area contributed by atoms with E-state index in [1.54, 1.807) is 0 Å². The van der Waals surface area contributed by atoms with Gasteiger partial charge in [-0.15, -0.1) is 0 Å². The largest absolute Gasteiger partial charge is 0.398 e. The van der Waals surface area contributed by atoms with E-state index >= 15 is 0 Å². The Kier molecular flexibility index (Phi) is 2.47. The van der Waals surface area contributed by atoms with Gasteiger partial charge < -0.3 is 5.73 Å². The molecule has 0 bridgehead atoms. The van der Waals surface area contributed by atoms with Gasteiger partial charge in [-0.05, 0) is 0 Å². The second kappa shape index (κ2) is 3.37. The first-order valence-electron chi connectivity index (χ1n) is 3.93. The number of nitrogens with two attached hydrogens (primary N) is 1. The molecule has 2 heteroatoms. The summed E-state index contributed by atoms with van der Waals surface area (Å²) >= 11 is 0. The topological polar surface area (TPSA) is 29.9 Å². The van der Waals surface area contributed by atoms with Crippen LogP contribution in [0.5, 0.6) is 0 Å². The molecular weight excluding hydrogens is 136 g/mol. The van der Waals surface area contributed by atoms with Crippen LogP contribution in [0.15, 0.2) is 24.5 Å². The number of nitrogen functional groups attached to an aromatic ring is 1. The van der Waals surface area contributed by atoms with Crippen LogP contribution >= 0.6 is 0 Å². The average molecular weight is 151 g/mol. The number of anilines is 1. The van der Waals surface area contributed by atoms with Crippen LogP contribution in [0.4, 0.5) is 5.69 Å². The van der Waals surface area contributed by atoms with E-state index in [-0.39, 0.29) is 0 Å². The Morgan fingerprint density at radius 3 is 2.36 bits per heavy atom. The predicted octanol–water partition coefficient (Wildman–Crippen LogP) is 1.21. The van der Waals surface area contributed by atoms with Gasteiger partial charge in [0.2, 0.25) is 0 Å². The SMILES string of the molecule is CC(C)C[n+]1ccc(N)cc1. The van der Waals surface area contributed by atoms with Gasteiger partial charge in [-0.3, -0.25) is 0 Å². The van der Waals surface area contributed by atoms with Crippen LogP contribution in [0, 0.1) is 5.92 Å². The molecule has 11 heavy (non-hydrogen) atoms. The van der Waals surface area contributed by atoms with Crippen LogP contribution < -0.4 is 10.3 Å². The van der Waals surface area contributed by atoms with Crippen LogP contribution in [-0.4, -0.2) is 0 Å². The summed E-state index contributed by atoms with van der Waals surface area (Å²) in [6.07, 6.45) is 4.02. The van der Waals surface area contributed by atoms with E-state index in [1.807, 2.05) is 24.5 Å². The van der Waals surface area contributed by atoms with Crippen molar-refractivity contribution in [2.75, 3.05) is 5.73 Å². The third-order valence-corrected chi connectivity index (χ3v) is 1.49. The molecule has 0 aromatic carbocycles. The summed E-state index contributed by atoms with van der Waals surface area (Å²) < 4.78 is 2.14. The third kappa shape index (κ3) is 2.58. The molecule has 0 saturated heterocycles. The van der Waals surface area contributed by atoms with E-state index in [2.05, 4.69) is 18.4 Å². The van der Waals surface area contributed by atoms with Gasteiger partial charge in [-0.2, -0.15) is 0 Å². The molecular formula is C9H15N2+. The molecule has 0 aliphatic heterocycles. The minimum absolute atomic E-state index is 0.684.